The zero-order valence-corrected chi connectivity index (χ0v) is 16.1. The van der Waals surface area contributed by atoms with Gasteiger partial charge in [0.25, 0.3) is 0 Å². The van der Waals surface area contributed by atoms with E-state index >= 15 is 0 Å². The van der Waals surface area contributed by atoms with Gasteiger partial charge in [0.1, 0.15) is 5.75 Å². The Morgan fingerprint density at radius 3 is 2.74 bits per heavy atom. The molecule has 0 aliphatic heterocycles. The van der Waals surface area contributed by atoms with Crippen LogP contribution in [0.25, 0.3) is 16.3 Å². The summed E-state index contributed by atoms with van der Waals surface area (Å²) < 4.78 is 17.0. The highest BCUT2D eigenvalue weighted by atomic mass is 32.1. The summed E-state index contributed by atoms with van der Waals surface area (Å²) in [6, 6.07) is 11.1. The van der Waals surface area contributed by atoms with E-state index in [1.54, 1.807) is 20.3 Å². The first-order valence-electron chi connectivity index (χ1n) is 8.37. The maximum atomic E-state index is 12.2. The van der Waals surface area contributed by atoms with Crippen molar-refractivity contribution in [3.63, 3.8) is 0 Å². The van der Waals surface area contributed by atoms with Gasteiger partial charge in [0, 0.05) is 6.08 Å². The molecule has 1 heterocycles. The SMILES string of the molecule is CCOc1ccc(C=CC(=O)Nc2nc3ccc(OC)cc3s2)cc1OC. The number of aromatic nitrogens is 1. The standard InChI is InChI=1S/C20H20N2O4S/c1-4-26-16-9-5-13(11-17(16)25-3)6-10-19(23)22-20-21-15-8-7-14(24-2)12-18(15)27-20/h5-12H,4H2,1-3H3,(H,21,22,23). The third-order valence-electron chi connectivity index (χ3n) is 3.74. The number of thiazole rings is 1. The first-order chi connectivity index (χ1) is 13.1. The summed E-state index contributed by atoms with van der Waals surface area (Å²) in [7, 11) is 3.20. The van der Waals surface area contributed by atoms with E-state index in [4.69, 9.17) is 14.2 Å². The lowest BCUT2D eigenvalue weighted by atomic mass is 10.2. The molecule has 27 heavy (non-hydrogen) atoms. The van der Waals surface area contributed by atoms with Gasteiger partial charge >= 0.3 is 0 Å². The Labute approximate surface area is 161 Å². The highest BCUT2D eigenvalue weighted by Gasteiger charge is 2.08. The van der Waals surface area contributed by atoms with E-state index < -0.39 is 0 Å². The van der Waals surface area contributed by atoms with Crippen molar-refractivity contribution in [2.45, 2.75) is 6.92 Å². The van der Waals surface area contributed by atoms with E-state index in [1.165, 1.54) is 17.4 Å². The number of fused-ring (bicyclic) bond motifs is 1. The van der Waals surface area contributed by atoms with Crippen molar-refractivity contribution in [1.29, 1.82) is 0 Å². The van der Waals surface area contributed by atoms with Crippen LogP contribution in [0.1, 0.15) is 12.5 Å². The number of amides is 1. The lowest BCUT2D eigenvalue weighted by Gasteiger charge is -2.09. The van der Waals surface area contributed by atoms with Gasteiger partial charge in [-0.25, -0.2) is 4.98 Å². The molecule has 0 radical (unpaired) electrons. The van der Waals surface area contributed by atoms with Crippen molar-refractivity contribution < 1.29 is 19.0 Å². The molecule has 0 saturated heterocycles. The molecule has 0 fully saturated rings. The molecule has 1 aromatic heterocycles. The second kappa shape index (κ2) is 8.55. The Hall–Kier alpha value is -3.06. The zero-order chi connectivity index (χ0) is 19.2. The van der Waals surface area contributed by atoms with Crippen LogP contribution in [0.4, 0.5) is 5.13 Å². The monoisotopic (exact) mass is 384 g/mol. The van der Waals surface area contributed by atoms with Crippen LogP contribution in [-0.2, 0) is 4.79 Å². The summed E-state index contributed by atoms with van der Waals surface area (Å²) >= 11 is 1.40. The molecule has 0 aliphatic carbocycles. The van der Waals surface area contributed by atoms with Gasteiger partial charge in [-0.3, -0.25) is 10.1 Å². The molecule has 1 N–H and O–H groups in total. The average molecular weight is 384 g/mol. The Kier molecular flexibility index (Phi) is 5.93. The van der Waals surface area contributed by atoms with Crippen molar-refractivity contribution in [3.8, 4) is 17.2 Å². The molecule has 0 atom stereocenters. The predicted molar refractivity (Wildman–Crippen MR) is 108 cm³/mol. The van der Waals surface area contributed by atoms with E-state index in [0.29, 0.717) is 23.2 Å². The summed E-state index contributed by atoms with van der Waals surface area (Å²) in [5.41, 5.74) is 1.65. The highest BCUT2D eigenvalue weighted by molar-refractivity contribution is 7.22. The molecule has 2 aromatic carbocycles. The first-order valence-corrected chi connectivity index (χ1v) is 9.19. The quantitative estimate of drug-likeness (QED) is 0.613. The molecule has 140 valence electrons. The highest BCUT2D eigenvalue weighted by Crippen LogP contribution is 2.30. The number of methoxy groups -OCH3 is 2. The molecule has 0 bridgehead atoms. The van der Waals surface area contributed by atoms with Crippen molar-refractivity contribution >= 4 is 38.7 Å². The van der Waals surface area contributed by atoms with E-state index in [1.807, 2.05) is 43.3 Å². The van der Waals surface area contributed by atoms with Gasteiger partial charge in [0.05, 0.1) is 31.0 Å². The van der Waals surface area contributed by atoms with Crippen LogP contribution in [0.2, 0.25) is 0 Å². The van der Waals surface area contributed by atoms with Crippen LogP contribution >= 0.6 is 11.3 Å². The topological polar surface area (TPSA) is 69.7 Å². The number of anilines is 1. The maximum absolute atomic E-state index is 12.2. The van der Waals surface area contributed by atoms with Crippen LogP contribution in [0.15, 0.2) is 42.5 Å². The van der Waals surface area contributed by atoms with Crippen molar-refractivity contribution in [1.82, 2.24) is 4.98 Å². The van der Waals surface area contributed by atoms with Crippen LogP contribution < -0.4 is 19.5 Å². The summed E-state index contributed by atoms with van der Waals surface area (Å²) in [6.07, 6.45) is 3.17. The molecular formula is C20H20N2O4S. The molecule has 0 spiro atoms. The Bertz CT molecular complexity index is 981. The van der Waals surface area contributed by atoms with Gasteiger partial charge in [-0.1, -0.05) is 17.4 Å². The second-order valence-corrected chi connectivity index (χ2v) is 6.55. The summed E-state index contributed by atoms with van der Waals surface area (Å²) in [6.45, 7) is 2.47. The Morgan fingerprint density at radius 1 is 1.15 bits per heavy atom. The smallest absolute Gasteiger partial charge is 0.250 e. The first kappa shape index (κ1) is 18.7. The minimum absolute atomic E-state index is 0.256. The number of hydrogen-bond acceptors (Lipinski definition) is 6. The molecule has 6 nitrogen and oxygen atoms in total. The molecule has 0 saturated carbocycles. The van der Waals surface area contributed by atoms with Crippen LogP contribution in [0.3, 0.4) is 0 Å². The minimum atomic E-state index is -0.256. The van der Waals surface area contributed by atoms with E-state index in [0.717, 1.165) is 21.5 Å². The molecule has 3 rings (SSSR count). The van der Waals surface area contributed by atoms with Gasteiger partial charge in [-0.05, 0) is 48.9 Å². The number of nitrogens with one attached hydrogen (secondary N) is 1. The largest absolute Gasteiger partial charge is 0.497 e. The normalized spacial score (nSPS) is 10.9. The number of hydrogen-bond donors (Lipinski definition) is 1. The molecule has 1 amide bonds. The third-order valence-corrected chi connectivity index (χ3v) is 4.67. The minimum Gasteiger partial charge on any atom is -0.497 e. The number of carbonyl (C=O) groups is 1. The maximum Gasteiger partial charge on any atom is 0.250 e. The van der Waals surface area contributed by atoms with Gasteiger partial charge in [0.2, 0.25) is 5.91 Å². The number of carbonyl (C=O) groups excluding carboxylic acids is 1. The fourth-order valence-corrected chi connectivity index (χ4v) is 3.36. The number of nitrogens with zero attached hydrogens (tertiary/aromatic N) is 1. The van der Waals surface area contributed by atoms with Crippen molar-refractivity contribution in [3.05, 3.63) is 48.0 Å². The fourth-order valence-electron chi connectivity index (χ4n) is 2.47. The molecule has 0 unspecified atom stereocenters. The average Bonchev–Trinajstić information content (AvgIpc) is 3.08. The molecular weight excluding hydrogens is 364 g/mol. The van der Waals surface area contributed by atoms with E-state index in [9.17, 15) is 4.79 Å². The number of benzene rings is 2. The van der Waals surface area contributed by atoms with Crippen LogP contribution in [-0.4, -0.2) is 31.7 Å². The van der Waals surface area contributed by atoms with Crippen LogP contribution in [0, 0.1) is 0 Å². The van der Waals surface area contributed by atoms with Crippen LogP contribution in [0.5, 0.6) is 17.2 Å². The summed E-state index contributed by atoms with van der Waals surface area (Å²) in [5.74, 6) is 1.80. The Morgan fingerprint density at radius 2 is 2.00 bits per heavy atom. The van der Waals surface area contributed by atoms with E-state index in [-0.39, 0.29) is 5.91 Å². The third kappa shape index (κ3) is 4.57. The van der Waals surface area contributed by atoms with Gasteiger partial charge < -0.3 is 14.2 Å². The van der Waals surface area contributed by atoms with Gasteiger partial charge in [-0.2, -0.15) is 0 Å². The summed E-state index contributed by atoms with van der Waals surface area (Å²) in [4.78, 5) is 16.6. The van der Waals surface area contributed by atoms with E-state index in [2.05, 4.69) is 10.3 Å². The number of ether oxygens (including phenoxy) is 3. The van der Waals surface area contributed by atoms with Gasteiger partial charge in [0.15, 0.2) is 16.6 Å². The molecule has 7 heteroatoms. The predicted octanol–water partition coefficient (Wildman–Crippen LogP) is 4.36. The lowest BCUT2D eigenvalue weighted by Crippen LogP contribution is -2.07. The van der Waals surface area contributed by atoms with Gasteiger partial charge in [-0.15, -0.1) is 0 Å². The molecule has 0 aliphatic rings. The fraction of sp³-hybridized carbons (Fsp3) is 0.200. The van der Waals surface area contributed by atoms with Crippen molar-refractivity contribution in [2.75, 3.05) is 26.1 Å². The summed E-state index contributed by atoms with van der Waals surface area (Å²) in [5, 5.41) is 3.32. The Balaban J connectivity index is 1.70. The van der Waals surface area contributed by atoms with Crippen molar-refractivity contribution in [2.24, 2.45) is 0 Å². The second-order valence-electron chi connectivity index (χ2n) is 5.52. The lowest BCUT2D eigenvalue weighted by molar-refractivity contribution is -0.111. The zero-order valence-electron chi connectivity index (χ0n) is 15.3. The number of rotatable bonds is 7. The molecule has 3 aromatic rings.